The van der Waals surface area contributed by atoms with Crippen molar-refractivity contribution < 1.29 is 0 Å². The third kappa shape index (κ3) is 6.17. The normalized spacial score (nSPS) is 12.8. The van der Waals surface area contributed by atoms with Gasteiger partial charge in [-0.15, -0.1) is 0 Å². The number of allylic oxidation sites excluding steroid dienone is 7. The van der Waals surface area contributed by atoms with Crippen molar-refractivity contribution in [2.75, 3.05) is 44.5 Å². The van der Waals surface area contributed by atoms with Gasteiger partial charge in [0.25, 0.3) is 0 Å². The van der Waals surface area contributed by atoms with Gasteiger partial charge in [0, 0.05) is 63.4 Å². The van der Waals surface area contributed by atoms with E-state index in [2.05, 4.69) is 81.6 Å². The summed E-state index contributed by atoms with van der Waals surface area (Å²) >= 11 is 0. The summed E-state index contributed by atoms with van der Waals surface area (Å²) in [5.41, 5.74) is 7.58. The van der Waals surface area contributed by atoms with Crippen LogP contribution < -0.4 is 9.80 Å². The summed E-state index contributed by atoms with van der Waals surface area (Å²) in [6.07, 6.45) is 14.1. The highest BCUT2D eigenvalue weighted by Crippen LogP contribution is 2.19. The van der Waals surface area contributed by atoms with Gasteiger partial charge in [0.1, 0.15) is 0 Å². The van der Waals surface area contributed by atoms with Gasteiger partial charge in [-0.1, -0.05) is 42.5 Å². The molecular formula is C28H32N4. The molecular weight excluding hydrogens is 392 g/mol. The van der Waals surface area contributed by atoms with Crippen molar-refractivity contribution in [1.82, 2.24) is 0 Å². The summed E-state index contributed by atoms with van der Waals surface area (Å²) in [6, 6.07) is 17.0. The SMILES string of the molecule is CCN=C1C=CC(=C/C=C/N=C(c2ccc(N(C)C)cc2)c2ccc(N(C)C)cc2)C=C1. The lowest BCUT2D eigenvalue weighted by Gasteiger charge is -2.15. The molecule has 1 aliphatic carbocycles. The van der Waals surface area contributed by atoms with Crippen molar-refractivity contribution in [3.63, 3.8) is 0 Å². The largest absolute Gasteiger partial charge is 0.378 e. The predicted octanol–water partition coefficient (Wildman–Crippen LogP) is 5.68. The van der Waals surface area contributed by atoms with Gasteiger partial charge in [-0.05, 0) is 55.0 Å². The molecule has 0 amide bonds. The van der Waals surface area contributed by atoms with Gasteiger partial charge in [0.2, 0.25) is 0 Å². The Morgan fingerprint density at radius 1 is 0.750 bits per heavy atom. The van der Waals surface area contributed by atoms with Crippen LogP contribution in [-0.2, 0) is 0 Å². The number of benzene rings is 2. The molecule has 0 aromatic heterocycles. The standard InChI is InChI=1S/C28H32N4/c1-6-29-25-15-9-22(10-16-25)8-7-21-30-28(23-11-17-26(18-12-23)31(2)3)24-13-19-27(20-14-24)32(4)5/h7-21H,6H2,1-5H3/b21-7+,22-8?,29-25?. The van der Waals surface area contributed by atoms with E-state index in [1.807, 2.05) is 59.5 Å². The summed E-state index contributed by atoms with van der Waals surface area (Å²) < 4.78 is 0. The molecule has 0 atom stereocenters. The summed E-state index contributed by atoms with van der Waals surface area (Å²) in [5, 5.41) is 0. The van der Waals surface area contributed by atoms with Gasteiger partial charge in [-0.2, -0.15) is 0 Å². The fraction of sp³-hybridized carbons (Fsp3) is 0.214. The van der Waals surface area contributed by atoms with Gasteiger partial charge in [0.15, 0.2) is 0 Å². The highest BCUT2D eigenvalue weighted by Gasteiger charge is 2.08. The molecule has 164 valence electrons. The number of hydrogen-bond acceptors (Lipinski definition) is 4. The third-order valence-corrected chi connectivity index (χ3v) is 5.13. The molecule has 4 heteroatoms. The summed E-state index contributed by atoms with van der Waals surface area (Å²) in [5.74, 6) is 0. The zero-order valence-electron chi connectivity index (χ0n) is 19.7. The van der Waals surface area contributed by atoms with Crippen LogP contribution in [0.4, 0.5) is 11.4 Å². The molecule has 0 heterocycles. The molecule has 2 aromatic rings. The van der Waals surface area contributed by atoms with Gasteiger partial charge in [-0.25, -0.2) is 0 Å². The van der Waals surface area contributed by atoms with Crippen LogP contribution >= 0.6 is 0 Å². The fourth-order valence-electron chi connectivity index (χ4n) is 3.30. The minimum Gasteiger partial charge on any atom is -0.378 e. The van der Waals surface area contributed by atoms with E-state index in [1.54, 1.807) is 0 Å². The highest BCUT2D eigenvalue weighted by atomic mass is 15.1. The van der Waals surface area contributed by atoms with Crippen LogP contribution in [0.15, 0.2) is 107 Å². The molecule has 1 aliphatic rings. The number of rotatable bonds is 7. The number of hydrogen-bond donors (Lipinski definition) is 0. The quantitative estimate of drug-likeness (QED) is 0.535. The van der Waals surface area contributed by atoms with E-state index in [0.29, 0.717) is 0 Å². The van der Waals surface area contributed by atoms with E-state index in [-0.39, 0.29) is 0 Å². The average Bonchev–Trinajstić information content (AvgIpc) is 2.80. The maximum Gasteiger partial charge on any atom is 0.0774 e. The molecule has 3 rings (SSSR count). The van der Waals surface area contributed by atoms with Crippen molar-refractivity contribution >= 4 is 22.8 Å². The van der Waals surface area contributed by atoms with E-state index in [4.69, 9.17) is 4.99 Å². The lowest BCUT2D eigenvalue weighted by molar-refractivity contribution is 1.13. The van der Waals surface area contributed by atoms with Crippen LogP contribution in [0, 0.1) is 0 Å². The van der Waals surface area contributed by atoms with Crippen LogP contribution in [0.2, 0.25) is 0 Å². The van der Waals surface area contributed by atoms with Crippen molar-refractivity contribution in [3.05, 3.63) is 108 Å². The van der Waals surface area contributed by atoms with Crippen LogP contribution in [0.1, 0.15) is 18.1 Å². The van der Waals surface area contributed by atoms with Gasteiger partial charge in [0.05, 0.1) is 11.4 Å². The maximum absolute atomic E-state index is 4.83. The maximum atomic E-state index is 4.83. The van der Waals surface area contributed by atoms with E-state index in [9.17, 15) is 0 Å². The second kappa shape index (κ2) is 11.1. The molecule has 0 aliphatic heterocycles. The minimum absolute atomic E-state index is 0.797. The lowest BCUT2D eigenvalue weighted by atomic mass is 10.0. The van der Waals surface area contributed by atoms with Crippen LogP contribution in [0.25, 0.3) is 0 Å². The Labute approximate surface area is 192 Å². The first-order valence-corrected chi connectivity index (χ1v) is 10.9. The average molecular weight is 425 g/mol. The van der Waals surface area contributed by atoms with Crippen molar-refractivity contribution in [3.8, 4) is 0 Å². The molecule has 0 bridgehead atoms. The Morgan fingerprint density at radius 2 is 1.25 bits per heavy atom. The van der Waals surface area contributed by atoms with Crippen molar-refractivity contribution in [2.24, 2.45) is 9.98 Å². The van der Waals surface area contributed by atoms with Gasteiger partial charge in [-0.3, -0.25) is 9.98 Å². The molecule has 0 spiro atoms. The minimum atomic E-state index is 0.797. The zero-order valence-corrected chi connectivity index (χ0v) is 19.7. The van der Waals surface area contributed by atoms with E-state index < -0.39 is 0 Å². The number of anilines is 2. The van der Waals surface area contributed by atoms with E-state index in [1.165, 1.54) is 0 Å². The second-order valence-corrected chi connectivity index (χ2v) is 7.93. The zero-order chi connectivity index (χ0) is 22.9. The van der Waals surface area contributed by atoms with Crippen LogP contribution in [-0.4, -0.2) is 46.2 Å². The van der Waals surface area contributed by atoms with Crippen LogP contribution in [0.5, 0.6) is 0 Å². The summed E-state index contributed by atoms with van der Waals surface area (Å²) in [6.45, 7) is 2.84. The van der Waals surface area contributed by atoms with E-state index in [0.717, 1.165) is 46.0 Å². The third-order valence-electron chi connectivity index (χ3n) is 5.13. The molecule has 2 aromatic carbocycles. The Kier molecular flexibility index (Phi) is 7.98. The molecule has 0 fully saturated rings. The van der Waals surface area contributed by atoms with E-state index >= 15 is 0 Å². The fourth-order valence-corrected chi connectivity index (χ4v) is 3.30. The first kappa shape index (κ1) is 23.0. The van der Waals surface area contributed by atoms with Crippen molar-refractivity contribution in [1.29, 1.82) is 0 Å². The first-order valence-electron chi connectivity index (χ1n) is 10.9. The monoisotopic (exact) mass is 424 g/mol. The molecule has 0 radical (unpaired) electrons. The van der Waals surface area contributed by atoms with Gasteiger partial charge < -0.3 is 9.80 Å². The molecule has 4 nitrogen and oxygen atoms in total. The van der Waals surface area contributed by atoms with Gasteiger partial charge >= 0.3 is 0 Å². The summed E-state index contributed by atoms with van der Waals surface area (Å²) in [4.78, 5) is 13.4. The Morgan fingerprint density at radius 3 is 1.69 bits per heavy atom. The summed E-state index contributed by atoms with van der Waals surface area (Å²) in [7, 11) is 8.19. The second-order valence-electron chi connectivity index (χ2n) is 7.93. The topological polar surface area (TPSA) is 31.2 Å². The highest BCUT2D eigenvalue weighted by molar-refractivity contribution is 6.13. The number of nitrogens with zero attached hydrogens (tertiary/aromatic N) is 4. The van der Waals surface area contributed by atoms with Crippen LogP contribution in [0.3, 0.4) is 0 Å². The predicted molar refractivity (Wildman–Crippen MR) is 141 cm³/mol. The smallest absolute Gasteiger partial charge is 0.0774 e. The Bertz CT molecular complexity index is 1010. The molecule has 0 N–H and O–H groups in total. The lowest BCUT2D eigenvalue weighted by Crippen LogP contribution is -2.10. The molecule has 32 heavy (non-hydrogen) atoms. The van der Waals surface area contributed by atoms with Crippen molar-refractivity contribution in [2.45, 2.75) is 6.92 Å². The number of aliphatic imine (C=N–C) groups is 2. The Hall–Kier alpha value is -3.66. The molecule has 0 saturated carbocycles. The molecule has 0 unspecified atom stereocenters. The Balaban J connectivity index is 1.88. The molecule has 0 saturated heterocycles. The first-order chi connectivity index (χ1) is 15.5.